The maximum absolute atomic E-state index is 11.2. The van der Waals surface area contributed by atoms with Gasteiger partial charge in [-0.05, 0) is 24.0 Å². The van der Waals surface area contributed by atoms with Gasteiger partial charge in [0.1, 0.15) is 0 Å². The van der Waals surface area contributed by atoms with E-state index in [1.54, 1.807) is 0 Å². The number of rotatable bonds is 2. The van der Waals surface area contributed by atoms with E-state index in [9.17, 15) is 10.2 Å². The molecular formula is C21H26O2. The average molecular weight is 310 g/mol. The van der Waals surface area contributed by atoms with E-state index in [1.165, 1.54) is 6.42 Å². The zero-order chi connectivity index (χ0) is 16.2. The predicted octanol–water partition coefficient (Wildman–Crippen LogP) is 4.40. The van der Waals surface area contributed by atoms with Gasteiger partial charge in [-0.2, -0.15) is 0 Å². The summed E-state index contributed by atoms with van der Waals surface area (Å²) >= 11 is 0. The Balaban J connectivity index is 2.19. The van der Waals surface area contributed by atoms with Gasteiger partial charge >= 0.3 is 0 Å². The fourth-order valence-electron chi connectivity index (χ4n) is 4.07. The minimum atomic E-state index is -1.74. The van der Waals surface area contributed by atoms with E-state index >= 15 is 0 Å². The summed E-state index contributed by atoms with van der Waals surface area (Å²) in [5.74, 6) is -1.74. The highest BCUT2D eigenvalue weighted by atomic mass is 16.5. The van der Waals surface area contributed by atoms with Crippen molar-refractivity contribution in [2.24, 2.45) is 0 Å². The molecule has 1 aliphatic carbocycles. The van der Waals surface area contributed by atoms with Gasteiger partial charge < -0.3 is 10.2 Å². The number of aliphatic hydroxyl groups is 2. The van der Waals surface area contributed by atoms with Crippen LogP contribution in [0, 0.1) is 0 Å². The fourth-order valence-corrected chi connectivity index (χ4v) is 4.07. The molecule has 23 heavy (non-hydrogen) atoms. The molecule has 2 aromatic carbocycles. The number of hydrogen-bond donors (Lipinski definition) is 2. The van der Waals surface area contributed by atoms with E-state index in [1.807, 2.05) is 60.7 Å². The van der Waals surface area contributed by atoms with Crippen molar-refractivity contribution in [2.75, 3.05) is 0 Å². The van der Waals surface area contributed by atoms with Gasteiger partial charge in [0, 0.05) is 6.42 Å². The van der Waals surface area contributed by atoms with Crippen molar-refractivity contribution in [1.29, 1.82) is 0 Å². The van der Waals surface area contributed by atoms with Crippen molar-refractivity contribution < 1.29 is 10.2 Å². The zero-order valence-corrected chi connectivity index (χ0v) is 13.6. The molecule has 1 fully saturated rings. The second kappa shape index (κ2) is 6.86. The fraction of sp³-hybridized carbons (Fsp3) is 0.429. The van der Waals surface area contributed by atoms with Gasteiger partial charge in [-0.15, -0.1) is 0 Å². The van der Waals surface area contributed by atoms with Gasteiger partial charge in [0.2, 0.25) is 0 Å². The van der Waals surface area contributed by atoms with Gasteiger partial charge in [-0.1, -0.05) is 86.3 Å². The quantitative estimate of drug-likeness (QED) is 0.807. The summed E-state index contributed by atoms with van der Waals surface area (Å²) in [5, 5.41) is 22.4. The molecule has 0 bridgehead atoms. The monoisotopic (exact) mass is 310 g/mol. The molecule has 2 heteroatoms. The van der Waals surface area contributed by atoms with E-state index in [4.69, 9.17) is 0 Å². The Labute approximate surface area is 138 Å². The summed E-state index contributed by atoms with van der Waals surface area (Å²) in [4.78, 5) is 0. The summed E-state index contributed by atoms with van der Waals surface area (Å²) < 4.78 is 0. The van der Waals surface area contributed by atoms with Crippen LogP contribution in [-0.4, -0.2) is 16.0 Å². The van der Waals surface area contributed by atoms with E-state index in [0.717, 1.165) is 43.2 Å². The van der Waals surface area contributed by atoms with Crippen LogP contribution < -0.4 is 0 Å². The van der Waals surface area contributed by atoms with Crippen molar-refractivity contribution in [3.05, 3.63) is 71.8 Å². The summed E-state index contributed by atoms with van der Waals surface area (Å²) in [6.45, 7) is 0. The predicted molar refractivity (Wildman–Crippen MR) is 93.2 cm³/mol. The first-order valence-corrected chi connectivity index (χ1v) is 8.73. The molecular weight excluding hydrogens is 284 g/mol. The Bertz CT molecular complexity index is 565. The van der Waals surface area contributed by atoms with Gasteiger partial charge in [-0.25, -0.2) is 0 Å². The van der Waals surface area contributed by atoms with Gasteiger partial charge in [0.05, 0.1) is 5.41 Å². The lowest BCUT2D eigenvalue weighted by atomic mass is 9.64. The topological polar surface area (TPSA) is 40.5 Å². The lowest BCUT2D eigenvalue weighted by Gasteiger charge is -2.45. The Morgan fingerprint density at radius 1 is 0.565 bits per heavy atom. The number of benzene rings is 2. The Morgan fingerprint density at radius 2 is 1.00 bits per heavy atom. The molecule has 0 atom stereocenters. The third-order valence-corrected chi connectivity index (χ3v) is 5.29. The summed E-state index contributed by atoms with van der Waals surface area (Å²) in [6.07, 6.45) is 6.43. The highest BCUT2D eigenvalue weighted by Gasteiger charge is 2.51. The first-order valence-electron chi connectivity index (χ1n) is 8.73. The first-order chi connectivity index (χ1) is 11.2. The SMILES string of the molecule is OC1(O)CCCCCCCC1(c1ccccc1)c1ccccc1. The normalized spacial score (nSPS) is 21.0. The first kappa shape index (κ1) is 16.2. The van der Waals surface area contributed by atoms with E-state index < -0.39 is 11.2 Å². The van der Waals surface area contributed by atoms with E-state index in [0.29, 0.717) is 6.42 Å². The van der Waals surface area contributed by atoms with Crippen LogP contribution in [0.3, 0.4) is 0 Å². The molecule has 0 spiro atoms. The van der Waals surface area contributed by atoms with Crippen molar-refractivity contribution in [2.45, 2.75) is 56.1 Å². The smallest absolute Gasteiger partial charge is 0.176 e. The lowest BCUT2D eigenvalue weighted by molar-refractivity contribution is -0.210. The Morgan fingerprint density at radius 3 is 1.52 bits per heavy atom. The molecule has 2 nitrogen and oxygen atoms in total. The molecule has 0 heterocycles. The molecule has 0 aromatic heterocycles. The van der Waals surface area contributed by atoms with Crippen LogP contribution in [0.4, 0.5) is 0 Å². The summed E-state index contributed by atoms with van der Waals surface area (Å²) in [7, 11) is 0. The highest BCUT2D eigenvalue weighted by Crippen LogP contribution is 2.47. The van der Waals surface area contributed by atoms with E-state index in [2.05, 4.69) is 0 Å². The molecule has 2 N–H and O–H groups in total. The van der Waals surface area contributed by atoms with Crippen LogP contribution in [0.15, 0.2) is 60.7 Å². The van der Waals surface area contributed by atoms with Crippen molar-refractivity contribution >= 4 is 0 Å². The molecule has 1 saturated carbocycles. The van der Waals surface area contributed by atoms with Crippen LogP contribution in [0.5, 0.6) is 0 Å². The second-order valence-electron chi connectivity index (χ2n) is 6.72. The zero-order valence-electron chi connectivity index (χ0n) is 13.6. The number of hydrogen-bond acceptors (Lipinski definition) is 2. The highest BCUT2D eigenvalue weighted by molar-refractivity contribution is 5.42. The van der Waals surface area contributed by atoms with Crippen molar-refractivity contribution in [3.8, 4) is 0 Å². The maximum Gasteiger partial charge on any atom is 0.176 e. The van der Waals surface area contributed by atoms with E-state index in [-0.39, 0.29) is 0 Å². The van der Waals surface area contributed by atoms with Crippen LogP contribution in [0.1, 0.15) is 56.1 Å². The third kappa shape index (κ3) is 3.06. The summed E-state index contributed by atoms with van der Waals surface area (Å²) in [6, 6.07) is 20.1. The molecule has 0 unspecified atom stereocenters. The molecule has 0 radical (unpaired) electrons. The van der Waals surface area contributed by atoms with Crippen molar-refractivity contribution in [1.82, 2.24) is 0 Å². The minimum Gasteiger partial charge on any atom is -0.365 e. The third-order valence-electron chi connectivity index (χ3n) is 5.29. The van der Waals surface area contributed by atoms with Crippen LogP contribution >= 0.6 is 0 Å². The molecule has 122 valence electrons. The van der Waals surface area contributed by atoms with Crippen LogP contribution in [-0.2, 0) is 5.41 Å². The van der Waals surface area contributed by atoms with Gasteiger partial charge in [0.15, 0.2) is 5.79 Å². The van der Waals surface area contributed by atoms with Crippen molar-refractivity contribution in [3.63, 3.8) is 0 Å². The van der Waals surface area contributed by atoms with Crippen LogP contribution in [0.25, 0.3) is 0 Å². The molecule has 3 rings (SSSR count). The lowest BCUT2D eigenvalue weighted by Crippen LogP contribution is -2.52. The molecule has 0 amide bonds. The maximum atomic E-state index is 11.2. The second-order valence-corrected chi connectivity index (χ2v) is 6.72. The van der Waals surface area contributed by atoms with Gasteiger partial charge in [0.25, 0.3) is 0 Å². The molecule has 0 saturated heterocycles. The van der Waals surface area contributed by atoms with Gasteiger partial charge in [-0.3, -0.25) is 0 Å². The molecule has 2 aromatic rings. The average Bonchev–Trinajstić information content (AvgIpc) is 2.65. The standard InChI is InChI=1S/C21H26O2/c22-21(23)17-11-3-1-2-10-16-20(21,18-12-6-4-7-13-18)19-14-8-5-9-15-19/h4-9,12-15,22-23H,1-3,10-11,16-17H2. The summed E-state index contributed by atoms with van der Waals surface area (Å²) in [5.41, 5.74) is 1.23. The largest absolute Gasteiger partial charge is 0.365 e. The minimum absolute atomic E-state index is 0.413. The molecule has 1 aliphatic rings. The Hall–Kier alpha value is -1.64. The Kier molecular flexibility index (Phi) is 4.84. The molecule has 0 aliphatic heterocycles. The van der Waals surface area contributed by atoms with Crippen LogP contribution in [0.2, 0.25) is 0 Å².